The van der Waals surface area contributed by atoms with E-state index >= 15 is 0 Å². The van der Waals surface area contributed by atoms with Crippen LogP contribution in [0.2, 0.25) is 0 Å². The molecule has 0 aliphatic carbocycles. The minimum Gasteiger partial charge on any atom is -0.381 e. The number of nitrogens with two attached hydrogens (primary N) is 1. The molecule has 0 aromatic carbocycles. The Hall–Kier alpha value is -0.120. The average Bonchev–Trinajstić information content (AvgIpc) is 2.46. The molecule has 0 bridgehead atoms. The molecule has 2 aliphatic heterocycles. The molecule has 3 heteroatoms. The first-order valence-electron chi connectivity index (χ1n) is 6.18. The second-order valence-corrected chi connectivity index (χ2v) is 5.62. The average molecular weight is 212 g/mol. The van der Waals surface area contributed by atoms with Crippen LogP contribution in [0.15, 0.2) is 0 Å². The molecule has 2 saturated heterocycles. The van der Waals surface area contributed by atoms with Crippen LogP contribution >= 0.6 is 0 Å². The standard InChI is InChI=1S/C12H24N2O/c1-10-7-14(8-11(10)2)9-12(13)3-5-15-6-4-12/h10-11H,3-9,13H2,1-2H3. The highest BCUT2D eigenvalue weighted by Gasteiger charge is 2.34. The molecule has 0 amide bonds. The summed E-state index contributed by atoms with van der Waals surface area (Å²) in [6, 6.07) is 0. The molecule has 0 saturated carbocycles. The highest BCUT2D eigenvalue weighted by Crippen LogP contribution is 2.26. The van der Waals surface area contributed by atoms with E-state index in [1.165, 1.54) is 13.1 Å². The summed E-state index contributed by atoms with van der Waals surface area (Å²) in [5, 5.41) is 0. The molecule has 2 rings (SSSR count). The first-order valence-corrected chi connectivity index (χ1v) is 6.18. The summed E-state index contributed by atoms with van der Waals surface area (Å²) in [6.07, 6.45) is 2.04. The molecule has 2 unspecified atom stereocenters. The number of nitrogens with zero attached hydrogens (tertiary/aromatic N) is 1. The van der Waals surface area contributed by atoms with Crippen molar-refractivity contribution in [3.63, 3.8) is 0 Å². The van der Waals surface area contributed by atoms with Crippen LogP contribution in [0, 0.1) is 11.8 Å². The summed E-state index contributed by atoms with van der Waals surface area (Å²) in [5.41, 5.74) is 6.42. The van der Waals surface area contributed by atoms with Crippen molar-refractivity contribution >= 4 is 0 Å². The third kappa shape index (κ3) is 2.71. The van der Waals surface area contributed by atoms with Crippen molar-refractivity contribution in [2.24, 2.45) is 17.6 Å². The van der Waals surface area contributed by atoms with Gasteiger partial charge >= 0.3 is 0 Å². The molecule has 0 radical (unpaired) electrons. The summed E-state index contributed by atoms with van der Waals surface area (Å²) in [6.45, 7) is 9.88. The number of hydrogen-bond acceptors (Lipinski definition) is 3. The molecule has 15 heavy (non-hydrogen) atoms. The van der Waals surface area contributed by atoms with E-state index in [4.69, 9.17) is 10.5 Å². The predicted octanol–water partition coefficient (Wildman–Crippen LogP) is 1.08. The van der Waals surface area contributed by atoms with E-state index in [9.17, 15) is 0 Å². The van der Waals surface area contributed by atoms with Gasteiger partial charge in [0.05, 0.1) is 0 Å². The first kappa shape index (κ1) is 11.4. The smallest absolute Gasteiger partial charge is 0.0484 e. The van der Waals surface area contributed by atoms with Gasteiger partial charge < -0.3 is 15.4 Å². The molecular weight excluding hydrogens is 188 g/mol. The van der Waals surface area contributed by atoms with Gasteiger partial charge in [-0.2, -0.15) is 0 Å². The minimum absolute atomic E-state index is 0.0159. The van der Waals surface area contributed by atoms with Gasteiger partial charge in [0.15, 0.2) is 0 Å². The second kappa shape index (κ2) is 4.40. The van der Waals surface area contributed by atoms with Crippen molar-refractivity contribution in [2.75, 3.05) is 32.8 Å². The lowest BCUT2D eigenvalue weighted by Crippen LogP contribution is -2.53. The fraction of sp³-hybridized carbons (Fsp3) is 1.00. The molecule has 2 heterocycles. The Morgan fingerprint density at radius 3 is 2.27 bits per heavy atom. The zero-order valence-electron chi connectivity index (χ0n) is 10.0. The number of likely N-dealkylation sites (tertiary alicyclic amines) is 1. The molecule has 2 N–H and O–H groups in total. The summed E-state index contributed by atoms with van der Waals surface area (Å²) in [4.78, 5) is 2.54. The fourth-order valence-corrected chi connectivity index (χ4v) is 2.76. The van der Waals surface area contributed by atoms with E-state index in [0.29, 0.717) is 0 Å². The van der Waals surface area contributed by atoms with Crippen LogP contribution in [0.4, 0.5) is 0 Å². The molecule has 88 valence electrons. The third-order valence-electron chi connectivity index (χ3n) is 4.09. The largest absolute Gasteiger partial charge is 0.381 e. The Bertz CT molecular complexity index is 204. The predicted molar refractivity (Wildman–Crippen MR) is 61.7 cm³/mol. The maximum absolute atomic E-state index is 6.41. The van der Waals surface area contributed by atoms with Crippen LogP contribution < -0.4 is 5.73 Å². The minimum atomic E-state index is 0.0159. The van der Waals surface area contributed by atoms with Gasteiger partial charge in [-0.3, -0.25) is 0 Å². The molecule has 3 nitrogen and oxygen atoms in total. The summed E-state index contributed by atoms with van der Waals surface area (Å²) in [7, 11) is 0. The zero-order valence-corrected chi connectivity index (χ0v) is 10.0. The van der Waals surface area contributed by atoms with Crippen LogP contribution in [0.1, 0.15) is 26.7 Å². The van der Waals surface area contributed by atoms with Crippen molar-refractivity contribution in [1.29, 1.82) is 0 Å². The summed E-state index contributed by atoms with van der Waals surface area (Å²) in [5.74, 6) is 1.65. The van der Waals surface area contributed by atoms with Gasteiger partial charge in [-0.1, -0.05) is 13.8 Å². The van der Waals surface area contributed by atoms with E-state index < -0.39 is 0 Å². The molecule has 2 aliphatic rings. The van der Waals surface area contributed by atoms with Crippen molar-refractivity contribution in [2.45, 2.75) is 32.2 Å². The first-order chi connectivity index (χ1) is 7.09. The van der Waals surface area contributed by atoms with Gasteiger partial charge in [-0.15, -0.1) is 0 Å². The van der Waals surface area contributed by atoms with Gasteiger partial charge in [0.1, 0.15) is 0 Å². The molecule has 2 atom stereocenters. The van der Waals surface area contributed by atoms with E-state index in [1.807, 2.05) is 0 Å². The van der Waals surface area contributed by atoms with E-state index in [2.05, 4.69) is 18.7 Å². The van der Waals surface area contributed by atoms with Crippen molar-refractivity contribution in [3.05, 3.63) is 0 Å². The lowest BCUT2D eigenvalue weighted by molar-refractivity contribution is 0.0402. The van der Waals surface area contributed by atoms with Gasteiger partial charge in [0.25, 0.3) is 0 Å². The van der Waals surface area contributed by atoms with Gasteiger partial charge in [-0.05, 0) is 24.7 Å². The van der Waals surface area contributed by atoms with Crippen LogP contribution in [0.3, 0.4) is 0 Å². The monoisotopic (exact) mass is 212 g/mol. The van der Waals surface area contributed by atoms with Crippen LogP contribution in [-0.2, 0) is 4.74 Å². The fourth-order valence-electron chi connectivity index (χ4n) is 2.76. The zero-order chi connectivity index (χ0) is 10.9. The molecule has 0 aromatic rings. The quantitative estimate of drug-likeness (QED) is 0.744. The Morgan fingerprint density at radius 1 is 1.20 bits per heavy atom. The van der Waals surface area contributed by atoms with Crippen LogP contribution in [-0.4, -0.2) is 43.3 Å². The molecule has 0 aromatic heterocycles. The Labute approximate surface area is 93.0 Å². The normalized spacial score (nSPS) is 37.0. The van der Waals surface area contributed by atoms with Crippen molar-refractivity contribution in [3.8, 4) is 0 Å². The highest BCUT2D eigenvalue weighted by molar-refractivity contribution is 4.92. The van der Waals surface area contributed by atoms with Gasteiger partial charge in [0, 0.05) is 38.4 Å². The van der Waals surface area contributed by atoms with Crippen molar-refractivity contribution in [1.82, 2.24) is 4.90 Å². The van der Waals surface area contributed by atoms with E-state index in [1.54, 1.807) is 0 Å². The summed E-state index contributed by atoms with van der Waals surface area (Å²) >= 11 is 0. The summed E-state index contributed by atoms with van der Waals surface area (Å²) < 4.78 is 5.37. The van der Waals surface area contributed by atoms with Crippen molar-refractivity contribution < 1.29 is 4.74 Å². The Balaban J connectivity index is 1.86. The number of ether oxygens (including phenoxy) is 1. The Morgan fingerprint density at radius 2 is 1.73 bits per heavy atom. The highest BCUT2D eigenvalue weighted by atomic mass is 16.5. The lowest BCUT2D eigenvalue weighted by Gasteiger charge is -2.36. The van der Waals surface area contributed by atoms with Gasteiger partial charge in [0.2, 0.25) is 0 Å². The molecular formula is C12H24N2O. The number of rotatable bonds is 2. The maximum atomic E-state index is 6.41. The Kier molecular flexibility index (Phi) is 3.33. The lowest BCUT2D eigenvalue weighted by atomic mass is 9.91. The SMILES string of the molecule is CC1CN(CC2(N)CCOCC2)CC1C. The van der Waals surface area contributed by atoms with E-state index in [0.717, 1.165) is 44.4 Å². The topological polar surface area (TPSA) is 38.5 Å². The molecule has 0 spiro atoms. The maximum Gasteiger partial charge on any atom is 0.0484 e. The van der Waals surface area contributed by atoms with E-state index in [-0.39, 0.29) is 5.54 Å². The third-order valence-corrected chi connectivity index (χ3v) is 4.09. The van der Waals surface area contributed by atoms with Crippen LogP contribution in [0.5, 0.6) is 0 Å². The van der Waals surface area contributed by atoms with Gasteiger partial charge in [-0.25, -0.2) is 0 Å². The number of hydrogen-bond donors (Lipinski definition) is 1. The molecule has 2 fully saturated rings. The van der Waals surface area contributed by atoms with Crippen LogP contribution in [0.25, 0.3) is 0 Å². The second-order valence-electron chi connectivity index (χ2n) is 5.62.